The van der Waals surface area contributed by atoms with E-state index in [4.69, 9.17) is 0 Å². The Kier molecular flexibility index (Phi) is 3.71. The number of aromatic amines is 2. The van der Waals surface area contributed by atoms with Gasteiger partial charge >= 0.3 is 5.69 Å². The van der Waals surface area contributed by atoms with Crippen LogP contribution < -0.4 is 11.0 Å². The van der Waals surface area contributed by atoms with Gasteiger partial charge in [0.15, 0.2) is 5.82 Å². The number of para-hydroxylation sites is 1. The van der Waals surface area contributed by atoms with E-state index in [9.17, 15) is 4.79 Å². The first-order chi connectivity index (χ1) is 13.2. The van der Waals surface area contributed by atoms with Crippen molar-refractivity contribution in [3.05, 3.63) is 69.2 Å². The molecule has 0 aliphatic carbocycles. The average Bonchev–Trinajstić information content (AvgIpc) is 3.27. The van der Waals surface area contributed by atoms with Gasteiger partial charge in [0.05, 0.1) is 11.0 Å². The molecule has 7 nitrogen and oxygen atoms in total. The lowest BCUT2D eigenvalue weighted by atomic mass is 10.1. The smallest absolute Gasteiger partial charge is 0.348 e. The monoisotopic (exact) mass is 422 g/mol. The minimum Gasteiger partial charge on any atom is -0.367 e. The molecular weight excluding hydrogens is 408 g/mol. The Hall–Kier alpha value is -3.13. The fourth-order valence-corrected chi connectivity index (χ4v) is 3.74. The Morgan fingerprint density at radius 3 is 3.00 bits per heavy atom. The molecule has 0 bridgehead atoms. The SMILES string of the molecule is O=c1[nH]nc2c(NCCc3c[nH]c4ccccc34)nc3ccc(Br)cc3n12. The third kappa shape index (κ3) is 2.69. The average molecular weight is 423 g/mol. The first-order valence-corrected chi connectivity index (χ1v) is 9.35. The van der Waals surface area contributed by atoms with Crippen molar-refractivity contribution < 1.29 is 0 Å². The normalized spacial score (nSPS) is 11.6. The van der Waals surface area contributed by atoms with Crippen LogP contribution >= 0.6 is 15.9 Å². The highest BCUT2D eigenvalue weighted by Gasteiger charge is 2.13. The number of hydrogen-bond acceptors (Lipinski definition) is 4. The van der Waals surface area contributed by atoms with Crippen molar-refractivity contribution in [2.75, 3.05) is 11.9 Å². The highest BCUT2D eigenvalue weighted by Crippen LogP contribution is 2.23. The minimum atomic E-state index is -0.282. The Labute approximate surface area is 161 Å². The summed E-state index contributed by atoms with van der Waals surface area (Å²) in [4.78, 5) is 20.2. The molecule has 0 saturated carbocycles. The Morgan fingerprint density at radius 2 is 2.07 bits per heavy atom. The third-order valence-corrected chi connectivity index (χ3v) is 5.15. The van der Waals surface area contributed by atoms with Crippen LogP contribution in [0.15, 0.2) is 57.9 Å². The zero-order valence-electron chi connectivity index (χ0n) is 14.2. The summed E-state index contributed by atoms with van der Waals surface area (Å²) in [5.74, 6) is 0.586. The van der Waals surface area contributed by atoms with Crippen molar-refractivity contribution in [1.82, 2.24) is 24.6 Å². The van der Waals surface area contributed by atoms with Gasteiger partial charge in [0.1, 0.15) is 0 Å². The molecule has 3 aromatic heterocycles. The van der Waals surface area contributed by atoms with Crippen molar-refractivity contribution in [3.63, 3.8) is 0 Å². The summed E-state index contributed by atoms with van der Waals surface area (Å²) in [6.07, 6.45) is 2.86. The molecule has 5 rings (SSSR count). The van der Waals surface area contributed by atoms with Gasteiger partial charge in [-0.1, -0.05) is 34.1 Å². The quantitative estimate of drug-likeness (QED) is 0.413. The lowest BCUT2D eigenvalue weighted by molar-refractivity contribution is 1.01. The second-order valence-electron chi connectivity index (χ2n) is 6.32. The number of anilines is 1. The molecule has 3 heterocycles. The summed E-state index contributed by atoms with van der Waals surface area (Å²) in [5.41, 5.74) is 4.00. The van der Waals surface area contributed by atoms with E-state index in [1.165, 1.54) is 10.9 Å². The van der Waals surface area contributed by atoms with Gasteiger partial charge in [-0.25, -0.2) is 19.3 Å². The fourth-order valence-electron chi connectivity index (χ4n) is 3.39. The molecule has 5 aromatic rings. The molecule has 8 heteroatoms. The number of nitrogens with zero attached hydrogens (tertiary/aromatic N) is 3. The molecule has 0 aliphatic heterocycles. The molecule has 0 radical (unpaired) electrons. The van der Waals surface area contributed by atoms with Crippen molar-refractivity contribution in [3.8, 4) is 0 Å². The number of fused-ring (bicyclic) bond motifs is 4. The first kappa shape index (κ1) is 16.1. The molecule has 0 atom stereocenters. The van der Waals surface area contributed by atoms with Crippen LogP contribution in [0.3, 0.4) is 0 Å². The van der Waals surface area contributed by atoms with Crippen molar-refractivity contribution >= 4 is 49.3 Å². The van der Waals surface area contributed by atoms with Crippen molar-refractivity contribution in [2.24, 2.45) is 0 Å². The zero-order valence-corrected chi connectivity index (χ0v) is 15.7. The van der Waals surface area contributed by atoms with Crippen LogP contribution in [0.2, 0.25) is 0 Å². The van der Waals surface area contributed by atoms with Crippen LogP contribution in [0.25, 0.3) is 27.6 Å². The van der Waals surface area contributed by atoms with E-state index in [1.807, 2.05) is 36.5 Å². The molecule has 0 saturated heterocycles. The second kappa shape index (κ2) is 6.24. The largest absolute Gasteiger partial charge is 0.367 e. The van der Waals surface area contributed by atoms with Crippen LogP contribution in [0, 0.1) is 0 Å². The van der Waals surface area contributed by atoms with E-state index in [1.54, 1.807) is 4.40 Å². The molecule has 3 N–H and O–H groups in total. The predicted octanol–water partition coefficient (Wildman–Crippen LogP) is 3.47. The summed E-state index contributed by atoms with van der Waals surface area (Å²) in [5, 5.41) is 11.2. The highest BCUT2D eigenvalue weighted by atomic mass is 79.9. The van der Waals surface area contributed by atoms with Gasteiger partial charge in [0.25, 0.3) is 0 Å². The Balaban J connectivity index is 1.49. The van der Waals surface area contributed by atoms with Gasteiger partial charge in [-0.05, 0) is 36.2 Å². The molecule has 0 fully saturated rings. The van der Waals surface area contributed by atoms with Crippen LogP contribution in [0.5, 0.6) is 0 Å². The number of hydrogen-bond donors (Lipinski definition) is 3. The minimum absolute atomic E-state index is 0.282. The first-order valence-electron chi connectivity index (χ1n) is 8.56. The molecule has 0 spiro atoms. The molecule has 0 unspecified atom stereocenters. The number of rotatable bonds is 4. The molecule has 27 heavy (non-hydrogen) atoms. The zero-order chi connectivity index (χ0) is 18.4. The summed E-state index contributed by atoms with van der Waals surface area (Å²) in [6.45, 7) is 0.674. The van der Waals surface area contributed by atoms with E-state index < -0.39 is 0 Å². The van der Waals surface area contributed by atoms with E-state index >= 15 is 0 Å². The molecule has 134 valence electrons. The van der Waals surface area contributed by atoms with E-state index in [0.717, 1.165) is 21.9 Å². The van der Waals surface area contributed by atoms with Crippen molar-refractivity contribution in [2.45, 2.75) is 6.42 Å². The van der Waals surface area contributed by atoms with Crippen LogP contribution in [0.1, 0.15) is 5.56 Å². The lowest BCUT2D eigenvalue weighted by Crippen LogP contribution is -2.13. The van der Waals surface area contributed by atoms with Gasteiger partial charge < -0.3 is 10.3 Å². The number of nitrogens with one attached hydrogen (secondary N) is 3. The maximum Gasteiger partial charge on any atom is 0.348 e. The van der Waals surface area contributed by atoms with Gasteiger partial charge in [-0.3, -0.25) is 0 Å². The number of benzene rings is 2. The van der Waals surface area contributed by atoms with Crippen LogP contribution in [-0.4, -0.2) is 31.1 Å². The molecular formula is C19H15BrN6O. The van der Waals surface area contributed by atoms with Crippen LogP contribution in [0.4, 0.5) is 5.82 Å². The third-order valence-electron chi connectivity index (χ3n) is 4.66. The summed E-state index contributed by atoms with van der Waals surface area (Å²) in [6, 6.07) is 13.9. The number of halogens is 1. The van der Waals surface area contributed by atoms with E-state index in [0.29, 0.717) is 23.5 Å². The van der Waals surface area contributed by atoms with Crippen molar-refractivity contribution in [1.29, 1.82) is 0 Å². The predicted molar refractivity (Wildman–Crippen MR) is 109 cm³/mol. The molecule has 0 aliphatic rings. The lowest BCUT2D eigenvalue weighted by Gasteiger charge is -2.09. The van der Waals surface area contributed by atoms with Gasteiger partial charge in [-0.2, -0.15) is 0 Å². The van der Waals surface area contributed by atoms with Gasteiger partial charge in [0.2, 0.25) is 5.65 Å². The standard InChI is InChI=1S/C19H15BrN6O/c20-12-5-6-15-16(9-12)26-18(24-25-19(26)27)17(23-15)21-8-7-11-10-22-14-4-2-1-3-13(11)14/h1-6,9-10,22H,7-8H2,(H,21,23)(H,25,27). The van der Waals surface area contributed by atoms with Gasteiger partial charge in [-0.15, -0.1) is 5.10 Å². The molecule has 0 amide bonds. The molecule has 2 aromatic carbocycles. The highest BCUT2D eigenvalue weighted by molar-refractivity contribution is 9.10. The fraction of sp³-hybridized carbons (Fsp3) is 0.105. The Bertz CT molecular complexity index is 1350. The van der Waals surface area contributed by atoms with Gasteiger partial charge in [0, 0.05) is 28.1 Å². The maximum absolute atomic E-state index is 12.2. The number of H-pyrrole nitrogens is 2. The van der Waals surface area contributed by atoms with E-state index in [-0.39, 0.29) is 5.69 Å². The number of aromatic nitrogens is 5. The Morgan fingerprint density at radius 1 is 1.19 bits per heavy atom. The second-order valence-corrected chi connectivity index (χ2v) is 7.23. The summed E-state index contributed by atoms with van der Waals surface area (Å²) >= 11 is 3.44. The topological polar surface area (TPSA) is 90.9 Å². The summed E-state index contributed by atoms with van der Waals surface area (Å²) in [7, 11) is 0. The van der Waals surface area contributed by atoms with E-state index in [2.05, 4.69) is 53.5 Å². The maximum atomic E-state index is 12.2. The van der Waals surface area contributed by atoms with Crippen LogP contribution in [-0.2, 0) is 6.42 Å². The summed E-state index contributed by atoms with van der Waals surface area (Å²) < 4.78 is 2.42.